The van der Waals surface area contributed by atoms with E-state index in [9.17, 15) is 40.7 Å². The summed E-state index contributed by atoms with van der Waals surface area (Å²) < 4.78 is 76.9. The number of alkyl halides is 3. The Bertz CT molecular complexity index is 1520. The topological polar surface area (TPSA) is 105 Å². The van der Waals surface area contributed by atoms with Crippen molar-refractivity contribution in [2.45, 2.75) is 46.5 Å². The van der Waals surface area contributed by atoms with E-state index in [2.05, 4.69) is 36.1 Å². The summed E-state index contributed by atoms with van der Waals surface area (Å²) in [5.74, 6) is -2.09. The highest BCUT2D eigenvalue weighted by atomic mass is 19.4. The lowest BCUT2D eigenvalue weighted by molar-refractivity contribution is -0.204. The molecule has 8 nitrogen and oxygen atoms in total. The minimum absolute atomic E-state index is 0.0866. The Hall–Kier alpha value is -4.20. The largest absolute Gasteiger partial charge is 0.489 e. The average Bonchev–Trinajstić information content (AvgIpc) is 3.36. The lowest BCUT2D eigenvalue weighted by Crippen LogP contribution is -2.24. The number of amides is 1. The normalized spacial score (nSPS) is 18.8. The molecule has 1 saturated heterocycles. The number of fused-ring (bicyclic) bond motifs is 1. The summed E-state index contributed by atoms with van der Waals surface area (Å²) in [4.78, 5) is 37.2. The third-order valence-corrected chi connectivity index (χ3v) is 8.19. The highest BCUT2D eigenvalue weighted by molar-refractivity contribution is 5.73. The van der Waals surface area contributed by atoms with Gasteiger partial charge in [-0.25, -0.2) is 22.7 Å². The van der Waals surface area contributed by atoms with Gasteiger partial charge in [-0.3, -0.25) is 14.4 Å². The summed E-state index contributed by atoms with van der Waals surface area (Å²) >= 11 is 0. The van der Waals surface area contributed by atoms with Gasteiger partial charge in [0.05, 0.1) is 12.5 Å². The van der Waals surface area contributed by atoms with E-state index >= 15 is 0 Å². The van der Waals surface area contributed by atoms with Crippen LogP contribution in [0.15, 0.2) is 36.8 Å². The summed E-state index contributed by atoms with van der Waals surface area (Å²) in [6.45, 7) is 10.7. The van der Waals surface area contributed by atoms with E-state index in [0.717, 1.165) is 17.9 Å². The van der Waals surface area contributed by atoms with E-state index in [4.69, 9.17) is 5.11 Å². The van der Waals surface area contributed by atoms with Crippen LogP contribution in [0.1, 0.15) is 53.5 Å². The minimum Gasteiger partial charge on any atom is -0.481 e. The summed E-state index contributed by atoms with van der Waals surface area (Å²) in [5, 5.41) is 11.1. The molecule has 3 atom stereocenters. The number of carbonyl (C=O) groups is 3. The molecule has 14 heteroatoms. The number of nitrogens with one attached hydrogen (secondary N) is 1. The fourth-order valence-corrected chi connectivity index (χ4v) is 5.76. The zero-order chi connectivity index (χ0) is 33.9. The van der Waals surface area contributed by atoms with E-state index in [1.54, 1.807) is 13.8 Å². The molecule has 2 aliphatic rings. The summed E-state index contributed by atoms with van der Waals surface area (Å²) in [5.41, 5.74) is 2.01. The molecule has 1 aliphatic heterocycles. The van der Waals surface area contributed by atoms with Crippen molar-refractivity contribution in [3.63, 3.8) is 0 Å². The number of rotatable bonds is 7. The SMILES string of the molecule is CN1C[C@@H]2[C@H](C1)C2(C)C.Cc1cc(F)cc(C)c1-c1cc(F)c(F)c(C(CC(=O)O)NC=O)c1.O=Cc1cn(C(F)(F)F)cn1. The maximum atomic E-state index is 14.2. The van der Waals surface area contributed by atoms with Crippen LogP contribution in [0, 0.1) is 48.5 Å². The van der Waals surface area contributed by atoms with Gasteiger partial charge in [-0.2, -0.15) is 0 Å². The van der Waals surface area contributed by atoms with Gasteiger partial charge in [0, 0.05) is 24.8 Å². The van der Waals surface area contributed by atoms with E-state index in [-0.39, 0.29) is 34.1 Å². The quantitative estimate of drug-likeness (QED) is 0.242. The molecule has 1 aliphatic carbocycles. The van der Waals surface area contributed by atoms with Crippen molar-refractivity contribution in [3.05, 3.63) is 76.6 Å². The molecule has 2 aromatic carbocycles. The number of carboxylic acids is 1. The van der Waals surface area contributed by atoms with Crippen LogP contribution in [0.5, 0.6) is 0 Å². The summed E-state index contributed by atoms with van der Waals surface area (Å²) in [6, 6.07) is 3.54. The Kier molecular flexibility index (Phi) is 10.8. The molecule has 2 fully saturated rings. The minimum atomic E-state index is -4.49. The van der Waals surface area contributed by atoms with Crippen molar-refractivity contribution in [2.24, 2.45) is 17.3 Å². The number of nitrogens with zero attached hydrogens (tertiary/aromatic N) is 3. The number of aromatic nitrogens is 2. The second-order valence-electron chi connectivity index (χ2n) is 11.8. The maximum absolute atomic E-state index is 14.2. The highest BCUT2D eigenvalue weighted by Gasteiger charge is 2.61. The van der Waals surface area contributed by atoms with Crippen molar-refractivity contribution < 1.29 is 45.8 Å². The summed E-state index contributed by atoms with van der Waals surface area (Å²) in [6.07, 6.45) is -3.46. The fraction of sp³-hybridized carbons (Fsp3) is 0.419. The Labute approximate surface area is 256 Å². The van der Waals surface area contributed by atoms with Gasteiger partial charge in [0.1, 0.15) is 17.8 Å². The van der Waals surface area contributed by atoms with Gasteiger partial charge in [0.15, 0.2) is 17.9 Å². The van der Waals surface area contributed by atoms with Crippen LogP contribution < -0.4 is 5.32 Å². The first-order valence-electron chi connectivity index (χ1n) is 13.8. The number of carbonyl (C=O) groups excluding carboxylic acids is 2. The van der Waals surface area contributed by atoms with Crippen LogP contribution in [0.3, 0.4) is 0 Å². The van der Waals surface area contributed by atoms with Crippen LogP contribution >= 0.6 is 0 Å². The Balaban J connectivity index is 0.000000223. The van der Waals surface area contributed by atoms with Crippen LogP contribution in [-0.2, 0) is 15.9 Å². The number of imidazole rings is 1. The molecule has 1 aromatic heterocycles. The Morgan fingerprint density at radius 3 is 2.09 bits per heavy atom. The van der Waals surface area contributed by atoms with Gasteiger partial charge >= 0.3 is 12.3 Å². The number of halogens is 6. The molecule has 2 heterocycles. The molecule has 244 valence electrons. The molecule has 0 spiro atoms. The predicted octanol–water partition coefficient (Wildman–Crippen LogP) is 6.03. The lowest BCUT2D eigenvalue weighted by atomic mass is 9.92. The number of carboxylic acid groups (broad SMARTS) is 1. The smallest absolute Gasteiger partial charge is 0.481 e. The van der Waals surface area contributed by atoms with Crippen LogP contribution in [0.4, 0.5) is 26.3 Å². The van der Waals surface area contributed by atoms with Gasteiger partial charge in [0.25, 0.3) is 0 Å². The first-order valence-corrected chi connectivity index (χ1v) is 13.8. The van der Waals surface area contributed by atoms with Gasteiger partial charge in [-0.1, -0.05) is 13.8 Å². The van der Waals surface area contributed by atoms with Crippen molar-refractivity contribution in [2.75, 3.05) is 20.1 Å². The summed E-state index contributed by atoms with van der Waals surface area (Å²) in [7, 11) is 2.22. The number of benzene rings is 2. The fourth-order valence-electron chi connectivity index (χ4n) is 5.76. The molecule has 0 radical (unpaired) electrons. The number of aliphatic carboxylic acids is 1. The highest BCUT2D eigenvalue weighted by Crippen LogP contribution is 2.61. The third-order valence-electron chi connectivity index (χ3n) is 8.19. The van der Waals surface area contributed by atoms with E-state index in [1.807, 2.05) is 0 Å². The van der Waals surface area contributed by atoms with Gasteiger partial charge in [0.2, 0.25) is 6.41 Å². The van der Waals surface area contributed by atoms with Gasteiger partial charge in [-0.05, 0) is 84.7 Å². The number of hydrogen-bond donors (Lipinski definition) is 2. The first kappa shape index (κ1) is 35.3. The third kappa shape index (κ3) is 8.50. The zero-order valence-corrected chi connectivity index (χ0v) is 25.3. The van der Waals surface area contributed by atoms with Crippen molar-refractivity contribution >= 4 is 18.7 Å². The zero-order valence-electron chi connectivity index (χ0n) is 25.3. The average molecular weight is 641 g/mol. The number of aryl methyl sites for hydroxylation is 2. The van der Waals surface area contributed by atoms with Gasteiger partial charge < -0.3 is 15.3 Å². The second-order valence-corrected chi connectivity index (χ2v) is 11.8. The van der Waals surface area contributed by atoms with Crippen molar-refractivity contribution in [1.82, 2.24) is 19.8 Å². The van der Waals surface area contributed by atoms with E-state index in [0.29, 0.717) is 34.6 Å². The first-order chi connectivity index (χ1) is 20.9. The standard InChI is InChI=1S/C18H16F3NO3.C8H15N.C5H3F3N2O/c1-9-3-12(19)4-10(2)17(9)11-5-13(18(21)14(20)6-11)15(22-8-23)7-16(24)25;1-8(2)6-4-9(3)5-7(6)8;6-5(7,8)10-1-4(2-11)9-3-10/h3-6,8,15H,7H2,1-2H3,(H,22,23)(H,24,25);6-7H,4-5H2,1-3H3;1-3H/t;6-,7+;. The number of piperidine rings is 1. The maximum Gasteiger partial charge on any atom is 0.489 e. The molecule has 1 amide bonds. The van der Waals surface area contributed by atoms with E-state index in [1.165, 1.54) is 31.3 Å². The van der Waals surface area contributed by atoms with E-state index < -0.39 is 42.2 Å². The number of likely N-dealkylation sites (tertiary alicyclic amines) is 1. The van der Waals surface area contributed by atoms with Crippen LogP contribution in [0.2, 0.25) is 0 Å². The number of hydrogen-bond acceptors (Lipinski definition) is 5. The Morgan fingerprint density at radius 1 is 1.09 bits per heavy atom. The molecular weight excluding hydrogens is 606 g/mol. The monoisotopic (exact) mass is 640 g/mol. The molecule has 0 bridgehead atoms. The van der Waals surface area contributed by atoms with Crippen LogP contribution in [-0.4, -0.2) is 58.4 Å². The van der Waals surface area contributed by atoms with Crippen molar-refractivity contribution in [1.29, 1.82) is 0 Å². The molecule has 3 aromatic rings. The second kappa shape index (κ2) is 13.8. The molecule has 45 heavy (non-hydrogen) atoms. The van der Waals surface area contributed by atoms with Gasteiger partial charge in [-0.15, -0.1) is 13.2 Å². The Morgan fingerprint density at radius 2 is 1.67 bits per heavy atom. The lowest BCUT2D eigenvalue weighted by Gasteiger charge is -2.18. The number of aldehydes is 1. The molecular formula is C31H34F6N4O4. The molecule has 1 unspecified atom stereocenters. The predicted molar refractivity (Wildman–Crippen MR) is 153 cm³/mol. The molecule has 5 rings (SSSR count). The van der Waals surface area contributed by atoms with Crippen LogP contribution in [0.25, 0.3) is 11.1 Å². The van der Waals surface area contributed by atoms with Crippen molar-refractivity contribution in [3.8, 4) is 11.1 Å². The molecule has 1 saturated carbocycles. The molecule has 2 N–H and O–H groups in total.